The van der Waals surface area contributed by atoms with Crippen molar-refractivity contribution in [2.45, 2.75) is 19.9 Å². The van der Waals surface area contributed by atoms with Gasteiger partial charge in [0.25, 0.3) is 0 Å². The van der Waals surface area contributed by atoms with Crippen LogP contribution in [-0.2, 0) is 0 Å². The number of aryl methyl sites for hydroxylation is 2. The van der Waals surface area contributed by atoms with Gasteiger partial charge in [-0.15, -0.1) is 0 Å². The largest absolute Gasteiger partial charge is 0.496 e. The van der Waals surface area contributed by atoms with E-state index in [1.807, 2.05) is 26.0 Å². The summed E-state index contributed by atoms with van der Waals surface area (Å²) in [4.78, 5) is 0. The Morgan fingerprint density at radius 2 is 1.86 bits per heavy atom. The molecule has 3 nitrogen and oxygen atoms in total. The molecule has 14 heavy (non-hydrogen) atoms. The van der Waals surface area contributed by atoms with Gasteiger partial charge in [-0.1, -0.05) is 12.1 Å². The lowest BCUT2D eigenvalue weighted by Crippen LogP contribution is -2.15. The highest BCUT2D eigenvalue weighted by Gasteiger charge is 2.09. The molecule has 1 unspecified atom stereocenters. The number of methoxy groups -OCH3 is 1. The van der Waals surface area contributed by atoms with E-state index in [2.05, 4.69) is 0 Å². The van der Waals surface area contributed by atoms with Crippen molar-refractivity contribution in [2.24, 2.45) is 5.73 Å². The minimum absolute atomic E-state index is 0.0365. The van der Waals surface area contributed by atoms with Crippen LogP contribution in [0.2, 0.25) is 0 Å². The smallest absolute Gasteiger partial charge is 0.124 e. The van der Waals surface area contributed by atoms with Crippen molar-refractivity contribution in [3.8, 4) is 5.75 Å². The van der Waals surface area contributed by atoms with Gasteiger partial charge in [-0.05, 0) is 30.5 Å². The molecule has 0 aliphatic carbocycles. The Bertz CT molecular complexity index is 300. The number of hydrogen-bond acceptors (Lipinski definition) is 3. The zero-order valence-electron chi connectivity index (χ0n) is 8.87. The van der Waals surface area contributed by atoms with Crippen molar-refractivity contribution >= 4 is 0 Å². The number of benzene rings is 1. The maximum absolute atomic E-state index is 8.94. The minimum Gasteiger partial charge on any atom is -0.496 e. The molecule has 0 heterocycles. The van der Waals surface area contributed by atoms with Gasteiger partial charge in [0.1, 0.15) is 5.75 Å². The summed E-state index contributed by atoms with van der Waals surface area (Å²) in [7, 11) is 1.65. The summed E-state index contributed by atoms with van der Waals surface area (Å²) >= 11 is 0. The Balaban J connectivity index is 3.13. The number of rotatable bonds is 3. The molecular weight excluding hydrogens is 178 g/mol. The number of hydrogen-bond donors (Lipinski definition) is 2. The molecule has 0 fully saturated rings. The maximum atomic E-state index is 8.94. The van der Waals surface area contributed by atoms with Crippen LogP contribution in [0.3, 0.4) is 0 Å². The summed E-state index contributed by atoms with van der Waals surface area (Å²) in [5.41, 5.74) is 8.78. The first-order valence-electron chi connectivity index (χ1n) is 4.61. The average Bonchev–Trinajstić information content (AvgIpc) is 2.16. The predicted molar refractivity (Wildman–Crippen MR) is 56.5 cm³/mol. The standard InChI is InChI=1S/C11H17NO2/c1-7-4-9(10(12)6-13)5-8(2)11(7)14-3/h4-5,10,13H,6,12H2,1-3H3. The summed E-state index contributed by atoms with van der Waals surface area (Å²) in [5, 5.41) is 8.94. The van der Waals surface area contributed by atoms with E-state index < -0.39 is 0 Å². The third-order valence-electron chi connectivity index (χ3n) is 2.31. The van der Waals surface area contributed by atoms with Gasteiger partial charge in [-0.3, -0.25) is 0 Å². The Morgan fingerprint density at radius 1 is 1.36 bits per heavy atom. The maximum Gasteiger partial charge on any atom is 0.124 e. The SMILES string of the molecule is COc1c(C)cc(C(N)CO)cc1C. The van der Waals surface area contributed by atoms with E-state index in [1.165, 1.54) is 0 Å². The lowest BCUT2D eigenvalue weighted by Gasteiger charge is -2.14. The Hall–Kier alpha value is -1.06. The topological polar surface area (TPSA) is 55.5 Å². The van der Waals surface area contributed by atoms with Crippen molar-refractivity contribution in [1.82, 2.24) is 0 Å². The van der Waals surface area contributed by atoms with E-state index in [0.29, 0.717) is 0 Å². The van der Waals surface area contributed by atoms with Gasteiger partial charge in [-0.2, -0.15) is 0 Å². The summed E-state index contributed by atoms with van der Waals surface area (Å²) < 4.78 is 5.24. The van der Waals surface area contributed by atoms with Gasteiger partial charge in [0.2, 0.25) is 0 Å². The van der Waals surface area contributed by atoms with Crippen molar-refractivity contribution in [3.05, 3.63) is 28.8 Å². The van der Waals surface area contributed by atoms with E-state index in [-0.39, 0.29) is 12.6 Å². The highest BCUT2D eigenvalue weighted by Crippen LogP contribution is 2.26. The van der Waals surface area contributed by atoms with Crippen LogP contribution in [0.4, 0.5) is 0 Å². The lowest BCUT2D eigenvalue weighted by molar-refractivity contribution is 0.268. The second kappa shape index (κ2) is 4.44. The molecule has 0 aliphatic rings. The van der Waals surface area contributed by atoms with Crippen molar-refractivity contribution in [1.29, 1.82) is 0 Å². The third kappa shape index (κ3) is 2.05. The molecule has 0 aliphatic heterocycles. The van der Waals surface area contributed by atoms with Crippen LogP contribution in [0.5, 0.6) is 5.75 Å². The zero-order valence-corrected chi connectivity index (χ0v) is 8.87. The summed E-state index contributed by atoms with van der Waals surface area (Å²) in [6, 6.07) is 3.60. The third-order valence-corrected chi connectivity index (χ3v) is 2.31. The Kier molecular flexibility index (Phi) is 3.49. The van der Waals surface area contributed by atoms with Gasteiger partial charge in [0.15, 0.2) is 0 Å². The molecule has 0 amide bonds. The van der Waals surface area contributed by atoms with E-state index in [4.69, 9.17) is 15.6 Å². The highest BCUT2D eigenvalue weighted by atomic mass is 16.5. The fourth-order valence-corrected chi connectivity index (χ4v) is 1.63. The number of ether oxygens (including phenoxy) is 1. The molecule has 0 bridgehead atoms. The molecule has 78 valence electrons. The molecule has 0 spiro atoms. The van der Waals surface area contributed by atoms with Crippen LogP contribution < -0.4 is 10.5 Å². The Morgan fingerprint density at radius 3 is 2.21 bits per heavy atom. The first kappa shape index (κ1) is 11.0. The van der Waals surface area contributed by atoms with E-state index in [9.17, 15) is 0 Å². The van der Waals surface area contributed by atoms with E-state index >= 15 is 0 Å². The number of aliphatic hydroxyl groups is 1. The monoisotopic (exact) mass is 195 g/mol. The number of nitrogens with two attached hydrogens (primary N) is 1. The van der Waals surface area contributed by atoms with Gasteiger partial charge in [-0.25, -0.2) is 0 Å². The van der Waals surface area contributed by atoms with Crippen LogP contribution in [0, 0.1) is 13.8 Å². The van der Waals surface area contributed by atoms with Gasteiger partial charge in [0, 0.05) is 0 Å². The van der Waals surface area contributed by atoms with Gasteiger partial charge < -0.3 is 15.6 Å². The van der Waals surface area contributed by atoms with Crippen molar-refractivity contribution in [3.63, 3.8) is 0 Å². The summed E-state index contributed by atoms with van der Waals surface area (Å²) in [5.74, 6) is 0.888. The zero-order chi connectivity index (χ0) is 10.7. The first-order valence-corrected chi connectivity index (χ1v) is 4.61. The molecule has 1 atom stereocenters. The molecule has 3 heteroatoms. The Labute approximate surface area is 84.5 Å². The molecule has 0 aromatic heterocycles. The van der Waals surface area contributed by atoms with Crippen LogP contribution in [-0.4, -0.2) is 18.8 Å². The minimum atomic E-state index is -0.307. The van der Waals surface area contributed by atoms with Crippen LogP contribution in [0.25, 0.3) is 0 Å². The van der Waals surface area contributed by atoms with Crippen LogP contribution in [0.1, 0.15) is 22.7 Å². The molecule has 0 saturated heterocycles. The average molecular weight is 195 g/mol. The second-order valence-corrected chi connectivity index (χ2v) is 3.48. The normalized spacial score (nSPS) is 12.6. The predicted octanol–water partition coefficient (Wildman–Crippen LogP) is 1.30. The molecule has 1 rings (SSSR count). The van der Waals surface area contributed by atoms with Gasteiger partial charge in [0.05, 0.1) is 19.8 Å². The number of aliphatic hydroxyl groups excluding tert-OH is 1. The highest BCUT2D eigenvalue weighted by molar-refractivity contribution is 5.44. The molecule has 3 N–H and O–H groups in total. The molecule has 0 saturated carbocycles. The van der Waals surface area contributed by atoms with Crippen LogP contribution in [0.15, 0.2) is 12.1 Å². The molecule has 1 aromatic carbocycles. The second-order valence-electron chi connectivity index (χ2n) is 3.48. The molecular formula is C11H17NO2. The van der Waals surface area contributed by atoms with Gasteiger partial charge >= 0.3 is 0 Å². The lowest BCUT2D eigenvalue weighted by atomic mass is 10.0. The van der Waals surface area contributed by atoms with E-state index in [0.717, 1.165) is 22.4 Å². The van der Waals surface area contributed by atoms with Crippen molar-refractivity contribution in [2.75, 3.05) is 13.7 Å². The fourth-order valence-electron chi connectivity index (χ4n) is 1.63. The summed E-state index contributed by atoms with van der Waals surface area (Å²) in [6.07, 6.45) is 0. The van der Waals surface area contributed by atoms with Crippen molar-refractivity contribution < 1.29 is 9.84 Å². The first-order chi connectivity index (χ1) is 6.60. The fraction of sp³-hybridized carbons (Fsp3) is 0.455. The van der Waals surface area contributed by atoms with Crippen LogP contribution >= 0.6 is 0 Å². The molecule has 1 aromatic rings. The summed E-state index contributed by atoms with van der Waals surface area (Å²) in [6.45, 7) is 3.91. The molecule has 0 radical (unpaired) electrons. The van der Waals surface area contributed by atoms with E-state index in [1.54, 1.807) is 7.11 Å². The quantitative estimate of drug-likeness (QED) is 0.764.